The van der Waals surface area contributed by atoms with Gasteiger partial charge in [-0.25, -0.2) is 4.98 Å². The van der Waals surface area contributed by atoms with Crippen LogP contribution in [0, 0.1) is 0 Å². The normalized spacial score (nSPS) is 20.4. The molecule has 0 aliphatic carbocycles. The van der Waals surface area contributed by atoms with Crippen molar-refractivity contribution in [3.05, 3.63) is 18.2 Å². The highest BCUT2D eigenvalue weighted by molar-refractivity contribution is 4.97. The van der Waals surface area contributed by atoms with Crippen LogP contribution in [0.1, 0.15) is 51.6 Å². The molecule has 1 N–H and O–H groups in total. The van der Waals surface area contributed by atoms with Gasteiger partial charge in [-0.05, 0) is 52.2 Å². The molecule has 1 unspecified atom stereocenters. The van der Waals surface area contributed by atoms with Crippen molar-refractivity contribution in [2.24, 2.45) is 0 Å². The summed E-state index contributed by atoms with van der Waals surface area (Å²) < 4.78 is 2.25. The first-order valence-electron chi connectivity index (χ1n) is 8.25. The third kappa shape index (κ3) is 4.60. The second-order valence-electron chi connectivity index (χ2n) is 5.99. The van der Waals surface area contributed by atoms with Gasteiger partial charge >= 0.3 is 0 Å². The van der Waals surface area contributed by atoms with E-state index >= 15 is 0 Å². The van der Waals surface area contributed by atoms with E-state index in [0.29, 0.717) is 0 Å². The Bertz CT molecular complexity index is 374. The van der Waals surface area contributed by atoms with Crippen molar-refractivity contribution in [1.29, 1.82) is 0 Å². The van der Waals surface area contributed by atoms with Crippen LogP contribution in [-0.4, -0.2) is 40.1 Å². The van der Waals surface area contributed by atoms with Gasteiger partial charge in [0.2, 0.25) is 0 Å². The maximum absolute atomic E-state index is 4.24. The average Bonchev–Trinajstić information content (AvgIpc) is 2.88. The van der Waals surface area contributed by atoms with Crippen molar-refractivity contribution in [3.63, 3.8) is 0 Å². The maximum Gasteiger partial charge on any atom is 0.0948 e. The van der Waals surface area contributed by atoms with Gasteiger partial charge in [-0.1, -0.05) is 13.3 Å². The van der Waals surface area contributed by atoms with Crippen LogP contribution in [0.2, 0.25) is 0 Å². The van der Waals surface area contributed by atoms with Crippen LogP contribution < -0.4 is 5.32 Å². The van der Waals surface area contributed by atoms with Gasteiger partial charge < -0.3 is 14.8 Å². The van der Waals surface area contributed by atoms with Crippen molar-refractivity contribution < 1.29 is 0 Å². The molecule has 114 valence electrons. The minimum absolute atomic E-state index is 0.787. The average molecular weight is 278 g/mol. The van der Waals surface area contributed by atoms with Gasteiger partial charge in [0.15, 0.2) is 0 Å². The molecule has 1 saturated heterocycles. The number of hydrogen-bond donors (Lipinski definition) is 1. The van der Waals surface area contributed by atoms with Crippen LogP contribution in [-0.2, 0) is 13.1 Å². The Labute approximate surface area is 123 Å². The zero-order valence-corrected chi connectivity index (χ0v) is 13.1. The first-order chi connectivity index (χ1) is 9.81. The Morgan fingerprint density at radius 2 is 2.25 bits per heavy atom. The van der Waals surface area contributed by atoms with Gasteiger partial charge in [0.25, 0.3) is 0 Å². The Kier molecular flexibility index (Phi) is 6.54. The SMILES string of the molecule is CCCn1cncc1CNCCCN1CCCCC1C. The Morgan fingerprint density at radius 1 is 1.35 bits per heavy atom. The number of nitrogens with one attached hydrogen (secondary N) is 1. The summed E-state index contributed by atoms with van der Waals surface area (Å²) in [7, 11) is 0. The highest BCUT2D eigenvalue weighted by atomic mass is 15.2. The quantitative estimate of drug-likeness (QED) is 0.742. The van der Waals surface area contributed by atoms with Gasteiger partial charge in [0.05, 0.1) is 12.0 Å². The number of rotatable bonds is 8. The number of hydrogen-bond acceptors (Lipinski definition) is 3. The summed E-state index contributed by atoms with van der Waals surface area (Å²) in [4.78, 5) is 6.88. The fourth-order valence-corrected chi connectivity index (χ4v) is 3.05. The number of likely N-dealkylation sites (tertiary alicyclic amines) is 1. The standard InChI is InChI=1S/C16H30N4/c1-3-9-20-14-18-13-16(20)12-17-8-6-11-19-10-5-4-7-15(19)2/h13-15,17H,3-12H2,1-2H3. The molecule has 1 aliphatic rings. The van der Waals surface area contributed by atoms with E-state index < -0.39 is 0 Å². The fraction of sp³-hybridized carbons (Fsp3) is 0.812. The summed E-state index contributed by atoms with van der Waals surface area (Å²) in [6, 6.07) is 0.787. The van der Waals surface area contributed by atoms with E-state index in [0.717, 1.165) is 32.1 Å². The smallest absolute Gasteiger partial charge is 0.0948 e. The predicted molar refractivity (Wildman–Crippen MR) is 83.7 cm³/mol. The van der Waals surface area contributed by atoms with Crippen LogP contribution in [0.4, 0.5) is 0 Å². The number of aromatic nitrogens is 2. The zero-order chi connectivity index (χ0) is 14.2. The third-order valence-electron chi connectivity index (χ3n) is 4.31. The van der Waals surface area contributed by atoms with Crippen molar-refractivity contribution in [3.8, 4) is 0 Å². The lowest BCUT2D eigenvalue weighted by molar-refractivity contribution is 0.159. The lowest BCUT2D eigenvalue weighted by Crippen LogP contribution is -2.38. The minimum Gasteiger partial charge on any atom is -0.333 e. The molecule has 0 spiro atoms. The molecule has 0 saturated carbocycles. The molecule has 0 aromatic carbocycles. The Balaban J connectivity index is 1.60. The fourth-order valence-electron chi connectivity index (χ4n) is 3.05. The molecule has 1 aliphatic heterocycles. The number of aryl methyl sites for hydroxylation is 1. The summed E-state index contributed by atoms with van der Waals surface area (Å²) in [6.07, 6.45) is 10.5. The highest BCUT2D eigenvalue weighted by Crippen LogP contribution is 2.16. The summed E-state index contributed by atoms with van der Waals surface area (Å²) >= 11 is 0. The molecule has 1 fully saturated rings. The molecule has 4 nitrogen and oxygen atoms in total. The number of nitrogens with zero attached hydrogens (tertiary/aromatic N) is 3. The topological polar surface area (TPSA) is 33.1 Å². The Morgan fingerprint density at radius 3 is 3.05 bits per heavy atom. The molecule has 2 heterocycles. The first kappa shape index (κ1) is 15.5. The summed E-state index contributed by atoms with van der Waals surface area (Å²) in [5, 5.41) is 3.55. The van der Waals surface area contributed by atoms with Crippen molar-refractivity contribution >= 4 is 0 Å². The lowest BCUT2D eigenvalue weighted by Gasteiger charge is -2.33. The van der Waals surface area contributed by atoms with Gasteiger partial charge in [-0.15, -0.1) is 0 Å². The molecule has 0 amide bonds. The maximum atomic E-state index is 4.24. The van der Waals surface area contributed by atoms with Crippen LogP contribution in [0.15, 0.2) is 12.5 Å². The zero-order valence-electron chi connectivity index (χ0n) is 13.1. The summed E-state index contributed by atoms with van der Waals surface area (Å²) in [5.41, 5.74) is 1.30. The molecular formula is C16H30N4. The molecule has 1 aromatic rings. The Hall–Kier alpha value is -0.870. The predicted octanol–water partition coefficient (Wildman–Crippen LogP) is 2.65. The molecule has 0 radical (unpaired) electrons. The monoisotopic (exact) mass is 278 g/mol. The summed E-state index contributed by atoms with van der Waals surface area (Å²) in [6.45, 7) is 10.2. The van der Waals surface area contributed by atoms with E-state index in [9.17, 15) is 0 Å². The minimum atomic E-state index is 0.787. The second-order valence-corrected chi connectivity index (χ2v) is 5.99. The second kappa shape index (κ2) is 8.42. The van der Waals surface area contributed by atoms with Crippen molar-refractivity contribution in [2.45, 2.75) is 65.1 Å². The largest absolute Gasteiger partial charge is 0.333 e. The van der Waals surface area contributed by atoms with E-state index in [2.05, 4.69) is 33.6 Å². The number of piperidine rings is 1. The number of imidazole rings is 1. The van der Waals surface area contributed by atoms with Gasteiger partial charge in [0, 0.05) is 25.3 Å². The molecule has 1 atom stereocenters. The van der Waals surface area contributed by atoms with Gasteiger partial charge in [0.1, 0.15) is 0 Å². The van der Waals surface area contributed by atoms with E-state index in [4.69, 9.17) is 0 Å². The highest BCUT2D eigenvalue weighted by Gasteiger charge is 2.16. The molecule has 1 aromatic heterocycles. The van der Waals surface area contributed by atoms with Crippen molar-refractivity contribution in [1.82, 2.24) is 19.8 Å². The van der Waals surface area contributed by atoms with Crippen LogP contribution in [0.5, 0.6) is 0 Å². The van der Waals surface area contributed by atoms with E-state index in [1.807, 2.05) is 12.5 Å². The first-order valence-corrected chi connectivity index (χ1v) is 8.25. The lowest BCUT2D eigenvalue weighted by atomic mass is 10.0. The third-order valence-corrected chi connectivity index (χ3v) is 4.31. The van der Waals surface area contributed by atoms with Crippen LogP contribution in [0.3, 0.4) is 0 Å². The summed E-state index contributed by atoms with van der Waals surface area (Å²) in [5.74, 6) is 0. The molecule has 4 heteroatoms. The van der Waals surface area contributed by atoms with E-state index in [1.165, 1.54) is 44.5 Å². The molecule has 20 heavy (non-hydrogen) atoms. The van der Waals surface area contributed by atoms with E-state index in [1.54, 1.807) is 0 Å². The molecule has 2 rings (SSSR count). The van der Waals surface area contributed by atoms with Crippen molar-refractivity contribution in [2.75, 3.05) is 19.6 Å². The van der Waals surface area contributed by atoms with Crippen LogP contribution >= 0.6 is 0 Å². The molecular weight excluding hydrogens is 248 g/mol. The molecule has 0 bridgehead atoms. The van der Waals surface area contributed by atoms with E-state index in [-0.39, 0.29) is 0 Å². The van der Waals surface area contributed by atoms with Gasteiger partial charge in [-0.2, -0.15) is 0 Å². The van der Waals surface area contributed by atoms with Gasteiger partial charge in [-0.3, -0.25) is 0 Å². The van der Waals surface area contributed by atoms with Crippen LogP contribution in [0.25, 0.3) is 0 Å².